The van der Waals surface area contributed by atoms with Crippen molar-refractivity contribution in [3.8, 4) is 0 Å². The number of esters is 3. The first-order valence-electron chi connectivity index (χ1n) is 33.4. The summed E-state index contributed by atoms with van der Waals surface area (Å²) >= 11 is 0. The Morgan fingerprint density at radius 3 is 0.831 bits per heavy atom. The van der Waals surface area contributed by atoms with E-state index >= 15 is 0 Å². The van der Waals surface area contributed by atoms with Gasteiger partial charge in [-0.15, -0.1) is 0 Å². The number of carbonyl (C=O) groups excluding carboxylic acids is 3. The van der Waals surface area contributed by atoms with Crippen LogP contribution in [0.3, 0.4) is 0 Å². The zero-order valence-corrected chi connectivity index (χ0v) is 51.2. The Kier molecular flexibility index (Phi) is 62.7. The third-order valence-corrected chi connectivity index (χ3v) is 14.7. The van der Waals surface area contributed by atoms with Crippen molar-refractivity contribution in [3.05, 3.63) is 72.9 Å². The highest BCUT2D eigenvalue weighted by Gasteiger charge is 2.19. The lowest BCUT2D eigenvalue weighted by Crippen LogP contribution is -2.30. The van der Waals surface area contributed by atoms with Crippen LogP contribution in [0.15, 0.2) is 72.9 Å². The van der Waals surface area contributed by atoms with Gasteiger partial charge in [0.15, 0.2) is 6.10 Å². The van der Waals surface area contributed by atoms with Crippen LogP contribution in [0.5, 0.6) is 0 Å². The van der Waals surface area contributed by atoms with Crippen molar-refractivity contribution in [3.63, 3.8) is 0 Å². The lowest BCUT2D eigenvalue weighted by molar-refractivity contribution is -0.167. The summed E-state index contributed by atoms with van der Waals surface area (Å²) in [5.74, 6) is -0.877. The van der Waals surface area contributed by atoms with E-state index in [0.717, 1.165) is 89.9 Å². The molecule has 0 saturated carbocycles. The normalized spacial score (nSPS) is 12.5. The van der Waals surface area contributed by atoms with E-state index in [9.17, 15) is 14.4 Å². The van der Waals surface area contributed by atoms with E-state index in [2.05, 4.69) is 93.7 Å². The molecule has 0 saturated heterocycles. The Balaban J connectivity index is 4.35. The van der Waals surface area contributed by atoms with Crippen molar-refractivity contribution in [2.24, 2.45) is 0 Å². The van der Waals surface area contributed by atoms with E-state index in [1.807, 2.05) is 0 Å². The molecule has 1 atom stereocenters. The maximum absolute atomic E-state index is 12.9. The lowest BCUT2D eigenvalue weighted by atomic mass is 10.0. The van der Waals surface area contributed by atoms with Crippen molar-refractivity contribution in [2.75, 3.05) is 13.2 Å². The van der Waals surface area contributed by atoms with Crippen molar-refractivity contribution in [1.29, 1.82) is 0 Å². The Labute approximate surface area is 478 Å². The summed E-state index contributed by atoms with van der Waals surface area (Å²) in [7, 11) is 0. The second-order valence-electron chi connectivity index (χ2n) is 22.3. The zero-order chi connectivity index (χ0) is 55.7. The summed E-state index contributed by atoms with van der Waals surface area (Å²) in [6.07, 6.45) is 84.8. The SMILES string of the molecule is CC/C=C\C/C=C\C/C=C\CCCCCCCCCC(=O)OCC(COC(=O)CCCCCCCCCCCCC/C=C\CCCCCCCCCC)OC(=O)CCCCCCCCCCC/C=C\C/C=C\CCCCC. The molecule has 0 aliphatic rings. The summed E-state index contributed by atoms with van der Waals surface area (Å²) in [4.78, 5) is 38.4. The smallest absolute Gasteiger partial charge is 0.306 e. The molecule has 1 unspecified atom stereocenters. The van der Waals surface area contributed by atoms with Crippen LogP contribution in [-0.2, 0) is 28.6 Å². The largest absolute Gasteiger partial charge is 0.462 e. The number of carbonyl (C=O) groups is 3. The highest BCUT2D eigenvalue weighted by molar-refractivity contribution is 5.71. The van der Waals surface area contributed by atoms with Gasteiger partial charge in [-0.1, -0.05) is 286 Å². The molecule has 0 fully saturated rings. The van der Waals surface area contributed by atoms with Gasteiger partial charge < -0.3 is 14.2 Å². The predicted octanol–water partition coefficient (Wildman–Crippen LogP) is 22.9. The topological polar surface area (TPSA) is 78.9 Å². The quantitative estimate of drug-likeness (QED) is 0.0261. The van der Waals surface area contributed by atoms with Gasteiger partial charge in [0, 0.05) is 19.3 Å². The first kappa shape index (κ1) is 73.8. The molecular weight excluding hydrogens is 949 g/mol. The molecule has 77 heavy (non-hydrogen) atoms. The van der Waals surface area contributed by atoms with E-state index in [-0.39, 0.29) is 31.1 Å². The van der Waals surface area contributed by atoms with Crippen LogP contribution in [0.1, 0.15) is 342 Å². The van der Waals surface area contributed by atoms with Crippen LogP contribution in [0, 0.1) is 0 Å². The Bertz CT molecular complexity index is 1420. The van der Waals surface area contributed by atoms with Gasteiger partial charge >= 0.3 is 17.9 Å². The van der Waals surface area contributed by atoms with E-state index in [1.165, 1.54) is 212 Å². The molecule has 0 aromatic heterocycles. The highest BCUT2D eigenvalue weighted by Crippen LogP contribution is 2.17. The molecule has 0 amide bonds. The molecule has 0 spiro atoms. The molecule has 0 bridgehead atoms. The average molecular weight is 1080 g/mol. The number of allylic oxidation sites excluding steroid dienone is 12. The standard InChI is InChI=1S/C71H126O6/c1-4-7-10-13-16-19-22-25-28-31-33-34-35-36-38-40-43-46-49-52-55-58-61-64-70(73)76-67-68(66-75-69(72)63-60-57-54-51-48-45-42-39-30-27-24-21-18-15-12-9-6-3)77-71(74)65-62-59-56-53-50-47-44-41-37-32-29-26-23-20-17-14-11-8-5-2/h9,12,17-18,20-21,26-27,29-31,33,68H,4-8,10-11,13-16,19,22-25,28,32,34-67H2,1-3H3/b12-9-,20-17-,21-18-,29-26-,30-27-,33-31-. The molecule has 446 valence electrons. The first-order chi connectivity index (χ1) is 38.0. The number of ether oxygens (including phenoxy) is 3. The number of hydrogen-bond donors (Lipinski definition) is 0. The number of hydrogen-bond acceptors (Lipinski definition) is 6. The fraction of sp³-hybridized carbons (Fsp3) is 0.789. The minimum Gasteiger partial charge on any atom is -0.462 e. The van der Waals surface area contributed by atoms with E-state index < -0.39 is 6.10 Å². The summed E-state index contributed by atoms with van der Waals surface area (Å²) in [5, 5.41) is 0. The molecular formula is C71H126O6. The third-order valence-electron chi connectivity index (χ3n) is 14.7. The van der Waals surface area contributed by atoms with Gasteiger partial charge in [-0.25, -0.2) is 0 Å². The van der Waals surface area contributed by atoms with Crippen molar-refractivity contribution in [2.45, 2.75) is 348 Å². The van der Waals surface area contributed by atoms with Crippen LogP contribution < -0.4 is 0 Å². The maximum atomic E-state index is 12.9. The van der Waals surface area contributed by atoms with Crippen LogP contribution in [0.25, 0.3) is 0 Å². The predicted molar refractivity (Wildman–Crippen MR) is 335 cm³/mol. The minimum atomic E-state index is -0.784. The fourth-order valence-electron chi connectivity index (χ4n) is 9.66. The fourth-order valence-corrected chi connectivity index (χ4v) is 9.66. The van der Waals surface area contributed by atoms with Crippen molar-refractivity contribution < 1.29 is 28.6 Å². The van der Waals surface area contributed by atoms with Gasteiger partial charge in [0.2, 0.25) is 0 Å². The molecule has 0 N–H and O–H groups in total. The van der Waals surface area contributed by atoms with Crippen LogP contribution in [0.4, 0.5) is 0 Å². The van der Waals surface area contributed by atoms with E-state index in [0.29, 0.717) is 19.3 Å². The lowest BCUT2D eigenvalue weighted by Gasteiger charge is -2.18. The summed E-state index contributed by atoms with van der Waals surface area (Å²) < 4.78 is 17.0. The molecule has 0 radical (unpaired) electrons. The second-order valence-corrected chi connectivity index (χ2v) is 22.3. The molecule has 6 nitrogen and oxygen atoms in total. The van der Waals surface area contributed by atoms with Crippen molar-refractivity contribution >= 4 is 17.9 Å². The number of unbranched alkanes of at least 4 members (excludes halogenated alkanes) is 38. The summed E-state index contributed by atoms with van der Waals surface area (Å²) in [5.41, 5.74) is 0. The Morgan fingerprint density at radius 1 is 0.273 bits per heavy atom. The minimum absolute atomic E-state index is 0.0789. The Morgan fingerprint density at radius 2 is 0.506 bits per heavy atom. The molecule has 0 rings (SSSR count). The van der Waals surface area contributed by atoms with E-state index in [1.54, 1.807) is 0 Å². The molecule has 0 aliphatic heterocycles. The molecule has 6 heteroatoms. The number of rotatable bonds is 61. The molecule has 0 aliphatic carbocycles. The van der Waals surface area contributed by atoms with Gasteiger partial charge in [-0.3, -0.25) is 14.4 Å². The average Bonchev–Trinajstić information content (AvgIpc) is 3.43. The van der Waals surface area contributed by atoms with Crippen LogP contribution >= 0.6 is 0 Å². The van der Waals surface area contributed by atoms with Gasteiger partial charge in [-0.2, -0.15) is 0 Å². The van der Waals surface area contributed by atoms with Crippen LogP contribution in [-0.4, -0.2) is 37.2 Å². The van der Waals surface area contributed by atoms with Gasteiger partial charge in [0.25, 0.3) is 0 Å². The first-order valence-corrected chi connectivity index (χ1v) is 33.4. The van der Waals surface area contributed by atoms with Crippen molar-refractivity contribution in [1.82, 2.24) is 0 Å². The van der Waals surface area contributed by atoms with Gasteiger partial charge in [-0.05, 0) is 109 Å². The molecule has 0 aromatic rings. The molecule has 0 aromatic carbocycles. The van der Waals surface area contributed by atoms with Gasteiger partial charge in [0.1, 0.15) is 13.2 Å². The zero-order valence-electron chi connectivity index (χ0n) is 51.2. The molecule has 0 heterocycles. The second kappa shape index (κ2) is 65.4. The monoisotopic (exact) mass is 1070 g/mol. The highest BCUT2D eigenvalue weighted by atomic mass is 16.6. The Hall–Kier alpha value is -3.15. The maximum Gasteiger partial charge on any atom is 0.306 e. The van der Waals surface area contributed by atoms with Crippen LogP contribution in [0.2, 0.25) is 0 Å². The summed E-state index contributed by atoms with van der Waals surface area (Å²) in [6, 6.07) is 0. The summed E-state index contributed by atoms with van der Waals surface area (Å²) in [6.45, 7) is 6.54. The third kappa shape index (κ3) is 63.6. The van der Waals surface area contributed by atoms with Gasteiger partial charge in [0.05, 0.1) is 0 Å². The van der Waals surface area contributed by atoms with E-state index in [4.69, 9.17) is 14.2 Å².